The fourth-order valence-electron chi connectivity index (χ4n) is 4.19. The van der Waals surface area contributed by atoms with Gasteiger partial charge in [-0.25, -0.2) is 8.42 Å². The van der Waals surface area contributed by atoms with Crippen molar-refractivity contribution >= 4 is 33.1 Å². The quantitative estimate of drug-likeness (QED) is 0.292. The fraction of sp³-hybridized carbons (Fsp3) is 0.154. The minimum absolute atomic E-state index is 0.0238. The third-order valence-corrected chi connectivity index (χ3v) is 7.73. The lowest BCUT2D eigenvalue weighted by Gasteiger charge is -2.33. The number of hydrogen-bond acceptors (Lipinski definition) is 7. The number of benzene rings is 3. The van der Waals surface area contributed by atoms with Gasteiger partial charge in [-0.1, -0.05) is 60.7 Å². The largest absolute Gasteiger partial charge is 0.465 e. The number of amides is 1. The number of rotatable bonds is 7. The predicted octanol–water partition coefficient (Wildman–Crippen LogP) is 3.83. The molecule has 4 rings (SSSR count). The summed E-state index contributed by atoms with van der Waals surface area (Å²) in [5.74, 6) is -4.09. The molecule has 1 aliphatic heterocycles. The number of nitro groups is 1. The summed E-state index contributed by atoms with van der Waals surface area (Å²) in [5.41, 5.74) is 0.500. The summed E-state index contributed by atoms with van der Waals surface area (Å²) in [4.78, 5) is 36.6. The molecule has 3 aromatic carbocycles. The van der Waals surface area contributed by atoms with Crippen molar-refractivity contribution in [2.75, 3.05) is 6.61 Å². The van der Waals surface area contributed by atoms with E-state index in [4.69, 9.17) is 4.74 Å². The summed E-state index contributed by atoms with van der Waals surface area (Å²) in [6.45, 7) is 1.56. The molecule has 0 radical (unpaired) electrons. The van der Waals surface area contributed by atoms with Gasteiger partial charge in [0, 0.05) is 12.1 Å². The SMILES string of the molecule is CCOC(=O)C1C(S(=O)(=O)c2ccc([N+](=O)[O-])cc2)=C(c2ccccc2)NC(=O)C1c1ccccc1. The Bertz CT molecular complexity index is 1430. The fourth-order valence-corrected chi connectivity index (χ4v) is 5.95. The van der Waals surface area contributed by atoms with E-state index in [1.54, 1.807) is 67.6 Å². The van der Waals surface area contributed by atoms with E-state index < -0.39 is 38.5 Å². The number of hydrogen-bond donors (Lipinski definition) is 1. The van der Waals surface area contributed by atoms with E-state index in [0.717, 1.165) is 24.3 Å². The van der Waals surface area contributed by atoms with Crippen LogP contribution in [0.3, 0.4) is 0 Å². The maximum absolute atomic E-state index is 14.1. The third kappa shape index (κ3) is 4.63. The molecule has 10 heteroatoms. The van der Waals surface area contributed by atoms with Gasteiger partial charge in [-0.05, 0) is 30.2 Å². The summed E-state index contributed by atoms with van der Waals surface area (Å²) in [6, 6.07) is 21.1. The standard InChI is InChI=1S/C26H22N2O7S/c1-2-35-26(30)22-21(17-9-5-3-6-10-17)25(29)27-23(18-11-7-4-8-12-18)24(22)36(33,34)20-15-13-19(14-16-20)28(31)32/h3-16,21-22H,2H2,1H3,(H,27,29). The number of esters is 1. The number of nitrogens with zero attached hydrogens (tertiary/aromatic N) is 1. The molecule has 1 N–H and O–H groups in total. The zero-order chi connectivity index (χ0) is 25.9. The average molecular weight is 507 g/mol. The molecular formula is C26H22N2O7S. The zero-order valence-electron chi connectivity index (χ0n) is 19.2. The van der Waals surface area contributed by atoms with Crippen LogP contribution in [0.2, 0.25) is 0 Å². The summed E-state index contributed by atoms with van der Waals surface area (Å²) in [6.07, 6.45) is 0. The normalized spacial score (nSPS) is 17.9. The van der Waals surface area contributed by atoms with E-state index in [1.807, 2.05) is 0 Å². The molecule has 2 atom stereocenters. The summed E-state index contributed by atoms with van der Waals surface area (Å²) in [5, 5.41) is 13.8. The van der Waals surface area contributed by atoms with Crippen molar-refractivity contribution in [2.24, 2.45) is 5.92 Å². The van der Waals surface area contributed by atoms with Crippen molar-refractivity contribution in [2.45, 2.75) is 17.7 Å². The average Bonchev–Trinajstić information content (AvgIpc) is 2.89. The zero-order valence-corrected chi connectivity index (χ0v) is 20.0. The van der Waals surface area contributed by atoms with E-state index in [0.29, 0.717) is 11.1 Å². The van der Waals surface area contributed by atoms with Crippen LogP contribution in [0.4, 0.5) is 5.69 Å². The molecule has 0 saturated heterocycles. The molecule has 0 fully saturated rings. The second-order valence-corrected chi connectivity index (χ2v) is 9.89. The number of carbonyl (C=O) groups is 2. The van der Waals surface area contributed by atoms with Crippen LogP contribution < -0.4 is 5.32 Å². The first-order valence-electron chi connectivity index (χ1n) is 11.1. The second kappa shape index (κ2) is 10.1. The summed E-state index contributed by atoms with van der Waals surface area (Å²) < 4.78 is 33.4. The van der Waals surface area contributed by atoms with Gasteiger partial charge in [-0.3, -0.25) is 19.7 Å². The molecule has 2 unspecified atom stereocenters. The first kappa shape index (κ1) is 24.8. The van der Waals surface area contributed by atoms with Gasteiger partial charge in [0.25, 0.3) is 5.69 Å². The highest BCUT2D eigenvalue weighted by molar-refractivity contribution is 7.95. The van der Waals surface area contributed by atoms with Gasteiger partial charge in [-0.2, -0.15) is 0 Å². The Morgan fingerprint density at radius 3 is 2.11 bits per heavy atom. The van der Waals surface area contributed by atoms with Gasteiger partial charge in [-0.15, -0.1) is 0 Å². The number of non-ortho nitro benzene ring substituents is 1. The van der Waals surface area contributed by atoms with E-state index in [1.165, 1.54) is 0 Å². The number of ether oxygens (including phenoxy) is 1. The maximum Gasteiger partial charge on any atom is 0.315 e. The van der Waals surface area contributed by atoms with E-state index in [-0.39, 0.29) is 27.8 Å². The van der Waals surface area contributed by atoms with Crippen LogP contribution in [0.15, 0.2) is 94.7 Å². The van der Waals surface area contributed by atoms with Crippen LogP contribution in [0.25, 0.3) is 5.70 Å². The lowest BCUT2D eigenvalue weighted by molar-refractivity contribution is -0.384. The van der Waals surface area contributed by atoms with E-state index >= 15 is 0 Å². The molecule has 1 aliphatic rings. The van der Waals surface area contributed by atoms with Crippen molar-refractivity contribution in [1.82, 2.24) is 5.32 Å². The lowest BCUT2D eigenvalue weighted by Crippen LogP contribution is -2.44. The molecule has 3 aromatic rings. The molecular weight excluding hydrogens is 484 g/mol. The van der Waals surface area contributed by atoms with Crippen LogP contribution in [-0.4, -0.2) is 31.8 Å². The molecule has 0 aromatic heterocycles. The smallest absolute Gasteiger partial charge is 0.315 e. The van der Waals surface area contributed by atoms with Crippen molar-refractivity contribution in [1.29, 1.82) is 0 Å². The minimum Gasteiger partial charge on any atom is -0.465 e. The van der Waals surface area contributed by atoms with Crippen LogP contribution in [0.1, 0.15) is 24.0 Å². The topological polar surface area (TPSA) is 133 Å². The van der Waals surface area contributed by atoms with Crippen LogP contribution in [0, 0.1) is 16.0 Å². The highest BCUT2D eigenvalue weighted by atomic mass is 32.2. The Morgan fingerprint density at radius 1 is 0.972 bits per heavy atom. The number of nitro benzene ring substituents is 1. The van der Waals surface area contributed by atoms with Gasteiger partial charge in [0.1, 0.15) is 5.92 Å². The first-order valence-corrected chi connectivity index (χ1v) is 12.6. The molecule has 9 nitrogen and oxygen atoms in total. The van der Waals surface area contributed by atoms with Crippen LogP contribution in [0.5, 0.6) is 0 Å². The van der Waals surface area contributed by atoms with Crippen LogP contribution in [-0.2, 0) is 24.2 Å². The van der Waals surface area contributed by atoms with Crippen molar-refractivity contribution in [3.8, 4) is 0 Å². The van der Waals surface area contributed by atoms with Gasteiger partial charge in [0.05, 0.1) is 32.9 Å². The maximum atomic E-state index is 14.1. The van der Waals surface area contributed by atoms with Gasteiger partial charge in [0.15, 0.2) is 0 Å². The highest BCUT2D eigenvalue weighted by Crippen LogP contribution is 2.43. The van der Waals surface area contributed by atoms with E-state index in [9.17, 15) is 28.1 Å². The monoisotopic (exact) mass is 506 g/mol. The molecule has 36 heavy (non-hydrogen) atoms. The predicted molar refractivity (Wildman–Crippen MR) is 131 cm³/mol. The minimum atomic E-state index is -4.44. The van der Waals surface area contributed by atoms with Gasteiger partial charge < -0.3 is 10.1 Å². The van der Waals surface area contributed by atoms with E-state index in [2.05, 4.69) is 5.32 Å². The number of nitrogens with one attached hydrogen (secondary N) is 1. The first-order chi connectivity index (χ1) is 17.3. The Morgan fingerprint density at radius 2 is 1.56 bits per heavy atom. The summed E-state index contributed by atoms with van der Waals surface area (Å²) >= 11 is 0. The number of carbonyl (C=O) groups excluding carboxylic acids is 2. The Hall–Kier alpha value is -4.31. The molecule has 0 bridgehead atoms. The molecule has 184 valence electrons. The van der Waals surface area contributed by atoms with Gasteiger partial charge >= 0.3 is 5.97 Å². The third-order valence-electron chi connectivity index (χ3n) is 5.80. The van der Waals surface area contributed by atoms with Crippen molar-refractivity contribution in [3.63, 3.8) is 0 Å². The van der Waals surface area contributed by atoms with Gasteiger partial charge in [0.2, 0.25) is 15.7 Å². The molecule has 0 saturated carbocycles. The molecule has 1 amide bonds. The highest BCUT2D eigenvalue weighted by Gasteiger charge is 2.49. The number of sulfone groups is 1. The van der Waals surface area contributed by atoms with Crippen LogP contribution >= 0.6 is 0 Å². The molecule has 0 aliphatic carbocycles. The van der Waals surface area contributed by atoms with Crippen molar-refractivity contribution < 1.29 is 27.7 Å². The molecule has 0 spiro atoms. The van der Waals surface area contributed by atoms with Crippen molar-refractivity contribution in [3.05, 3.63) is 111 Å². The Labute approximate surface area is 207 Å². The Balaban J connectivity index is 2.02. The lowest BCUT2D eigenvalue weighted by atomic mass is 9.81. The Kier molecular flexibility index (Phi) is 6.98. The molecule has 1 heterocycles. The second-order valence-electron chi connectivity index (χ2n) is 7.97. The summed E-state index contributed by atoms with van der Waals surface area (Å²) in [7, 11) is -4.44.